The van der Waals surface area contributed by atoms with Crippen LogP contribution in [0.3, 0.4) is 0 Å². The first-order valence-corrected chi connectivity index (χ1v) is 8.40. The Hall–Kier alpha value is -2.70. The minimum atomic E-state index is -0.633. The van der Waals surface area contributed by atoms with Crippen LogP contribution in [0.25, 0.3) is 6.08 Å². The Kier molecular flexibility index (Phi) is 7.13. The third kappa shape index (κ3) is 6.74. The number of amides is 1. The number of nitrogens with zero attached hydrogens (tertiary/aromatic N) is 1. The highest BCUT2D eigenvalue weighted by Gasteiger charge is 2.14. The molecule has 0 bridgehead atoms. The molecule has 1 fully saturated rings. The molecule has 0 aromatic heterocycles. The van der Waals surface area contributed by atoms with E-state index in [-0.39, 0.29) is 18.2 Å². The first kappa shape index (κ1) is 18.6. The van der Waals surface area contributed by atoms with Gasteiger partial charge in [-0.1, -0.05) is 19.3 Å². The number of carbonyl (C=O) groups is 2. The van der Waals surface area contributed by atoms with E-state index < -0.39 is 10.9 Å². The van der Waals surface area contributed by atoms with Crippen LogP contribution in [-0.4, -0.2) is 30.0 Å². The number of hydrogen-bond donors (Lipinski definition) is 1. The number of rotatable bonds is 7. The zero-order chi connectivity index (χ0) is 18.1. The first-order valence-electron chi connectivity index (χ1n) is 8.40. The summed E-state index contributed by atoms with van der Waals surface area (Å²) in [6.45, 7) is 0.325. The molecule has 1 aliphatic rings. The molecule has 0 radical (unpaired) electrons. The molecule has 2 rings (SSSR count). The van der Waals surface area contributed by atoms with E-state index in [1.54, 1.807) is 0 Å². The predicted octanol–water partition coefficient (Wildman–Crippen LogP) is 2.85. The van der Waals surface area contributed by atoms with Crippen molar-refractivity contribution in [3.8, 4) is 0 Å². The van der Waals surface area contributed by atoms with Crippen LogP contribution >= 0.6 is 0 Å². The summed E-state index contributed by atoms with van der Waals surface area (Å²) in [5.74, 6) is -0.413. The molecule has 134 valence electrons. The third-order valence-corrected chi connectivity index (χ3v) is 4.17. The van der Waals surface area contributed by atoms with E-state index in [0.717, 1.165) is 12.8 Å². The van der Waals surface area contributed by atoms with Crippen LogP contribution in [0.1, 0.15) is 37.7 Å². The normalized spacial score (nSPS) is 15.0. The molecule has 7 nitrogen and oxygen atoms in total. The Morgan fingerprint density at radius 1 is 1.20 bits per heavy atom. The molecule has 0 heterocycles. The van der Waals surface area contributed by atoms with Gasteiger partial charge in [0, 0.05) is 24.8 Å². The van der Waals surface area contributed by atoms with Crippen LogP contribution in [-0.2, 0) is 14.3 Å². The van der Waals surface area contributed by atoms with E-state index in [9.17, 15) is 19.7 Å². The Balaban J connectivity index is 1.68. The van der Waals surface area contributed by atoms with Crippen LogP contribution in [0.5, 0.6) is 0 Å². The molecular formula is C18H22N2O5. The number of nitro groups is 1. The van der Waals surface area contributed by atoms with Gasteiger partial charge in [0.2, 0.25) is 0 Å². The number of ether oxygens (including phenoxy) is 1. The van der Waals surface area contributed by atoms with Gasteiger partial charge in [0.25, 0.3) is 11.6 Å². The summed E-state index contributed by atoms with van der Waals surface area (Å²) in [5.41, 5.74) is 0.610. The maximum absolute atomic E-state index is 11.7. The fourth-order valence-corrected chi connectivity index (χ4v) is 2.76. The average molecular weight is 346 g/mol. The largest absolute Gasteiger partial charge is 0.452 e. The van der Waals surface area contributed by atoms with Gasteiger partial charge in [-0.25, -0.2) is 4.79 Å². The molecule has 1 amide bonds. The quantitative estimate of drug-likeness (QED) is 0.354. The topological polar surface area (TPSA) is 98.5 Å². The maximum Gasteiger partial charge on any atom is 0.331 e. The van der Waals surface area contributed by atoms with Crippen molar-refractivity contribution >= 4 is 23.6 Å². The zero-order valence-electron chi connectivity index (χ0n) is 14.0. The molecule has 0 spiro atoms. The van der Waals surface area contributed by atoms with Gasteiger partial charge in [0.1, 0.15) is 0 Å². The van der Waals surface area contributed by atoms with Crippen LogP contribution in [0.15, 0.2) is 30.3 Å². The average Bonchev–Trinajstić information content (AvgIpc) is 2.64. The second kappa shape index (κ2) is 9.56. The number of non-ortho nitro benzene ring substituents is 1. The molecule has 1 aromatic rings. The van der Waals surface area contributed by atoms with Crippen molar-refractivity contribution in [3.63, 3.8) is 0 Å². The second-order valence-electron chi connectivity index (χ2n) is 6.10. The van der Waals surface area contributed by atoms with Gasteiger partial charge in [-0.2, -0.15) is 0 Å². The van der Waals surface area contributed by atoms with Crippen molar-refractivity contribution in [2.45, 2.75) is 32.1 Å². The molecule has 0 saturated heterocycles. The molecule has 0 atom stereocenters. The van der Waals surface area contributed by atoms with Crippen LogP contribution in [0.4, 0.5) is 5.69 Å². The fraction of sp³-hybridized carbons (Fsp3) is 0.444. The number of hydrogen-bond acceptors (Lipinski definition) is 5. The summed E-state index contributed by atoms with van der Waals surface area (Å²) >= 11 is 0. The Bertz CT molecular complexity index is 633. The van der Waals surface area contributed by atoms with Gasteiger partial charge in [-0.3, -0.25) is 14.9 Å². The summed E-state index contributed by atoms with van der Waals surface area (Å²) in [5, 5.41) is 13.4. The van der Waals surface area contributed by atoms with Crippen molar-refractivity contribution < 1.29 is 19.2 Å². The molecule has 25 heavy (non-hydrogen) atoms. The maximum atomic E-state index is 11.7. The molecule has 7 heteroatoms. The molecule has 0 aliphatic heterocycles. The lowest BCUT2D eigenvalue weighted by Crippen LogP contribution is -2.33. The number of benzene rings is 1. The SMILES string of the molecule is O=C(COC(=O)/C=C/c1ccc([N+](=O)[O-])cc1)NCC1CCCCC1. The van der Waals surface area contributed by atoms with Crippen molar-refractivity contribution in [1.29, 1.82) is 0 Å². The minimum Gasteiger partial charge on any atom is -0.452 e. The van der Waals surface area contributed by atoms with E-state index in [0.29, 0.717) is 18.0 Å². The minimum absolute atomic E-state index is 0.0191. The number of nitrogens with one attached hydrogen (secondary N) is 1. The lowest BCUT2D eigenvalue weighted by atomic mass is 9.89. The van der Waals surface area contributed by atoms with E-state index in [2.05, 4.69) is 5.32 Å². The van der Waals surface area contributed by atoms with Crippen LogP contribution in [0, 0.1) is 16.0 Å². The predicted molar refractivity (Wildman–Crippen MR) is 92.7 cm³/mol. The monoisotopic (exact) mass is 346 g/mol. The number of nitro benzene ring substituents is 1. The molecule has 1 aromatic carbocycles. The molecular weight excluding hydrogens is 324 g/mol. The number of esters is 1. The lowest BCUT2D eigenvalue weighted by molar-refractivity contribution is -0.384. The van der Waals surface area contributed by atoms with E-state index >= 15 is 0 Å². The fourth-order valence-electron chi connectivity index (χ4n) is 2.76. The van der Waals surface area contributed by atoms with Crippen molar-refractivity contribution in [3.05, 3.63) is 46.0 Å². The van der Waals surface area contributed by atoms with Crippen LogP contribution < -0.4 is 5.32 Å². The molecule has 1 N–H and O–H groups in total. The van der Waals surface area contributed by atoms with Crippen molar-refractivity contribution in [2.24, 2.45) is 5.92 Å². The Morgan fingerprint density at radius 3 is 2.52 bits per heavy atom. The highest BCUT2D eigenvalue weighted by molar-refractivity contribution is 5.89. The Labute approximate surface area is 146 Å². The van der Waals surface area contributed by atoms with E-state index in [1.807, 2.05) is 0 Å². The van der Waals surface area contributed by atoms with Gasteiger partial charge in [0.15, 0.2) is 6.61 Å². The van der Waals surface area contributed by atoms with Crippen LogP contribution in [0.2, 0.25) is 0 Å². The highest BCUT2D eigenvalue weighted by Crippen LogP contribution is 2.22. The summed E-state index contributed by atoms with van der Waals surface area (Å²) in [7, 11) is 0. The summed E-state index contributed by atoms with van der Waals surface area (Å²) in [6, 6.07) is 5.75. The van der Waals surface area contributed by atoms with Gasteiger partial charge >= 0.3 is 5.97 Å². The third-order valence-electron chi connectivity index (χ3n) is 4.17. The summed E-state index contributed by atoms with van der Waals surface area (Å²) in [4.78, 5) is 33.4. The zero-order valence-corrected chi connectivity index (χ0v) is 14.0. The standard InChI is InChI=1S/C18H22N2O5/c21-17(19-12-15-4-2-1-3-5-15)13-25-18(22)11-8-14-6-9-16(10-7-14)20(23)24/h6-11,15H,1-5,12-13H2,(H,19,21)/b11-8+. The lowest BCUT2D eigenvalue weighted by Gasteiger charge is -2.21. The first-order chi connectivity index (χ1) is 12.0. The second-order valence-corrected chi connectivity index (χ2v) is 6.10. The van der Waals surface area contributed by atoms with Gasteiger partial charge in [0.05, 0.1) is 4.92 Å². The summed E-state index contributed by atoms with van der Waals surface area (Å²) in [6.07, 6.45) is 8.63. The van der Waals surface area contributed by atoms with Gasteiger partial charge in [-0.15, -0.1) is 0 Å². The smallest absolute Gasteiger partial charge is 0.331 e. The van der Waals surface area contributed by atoms with Gasteiger partial charge in [-0.05, 0) is 42.5 Å². The van der Waals surface area contributed by atoms with Gasteiger partial charge < -0.3 is 10.1 Å². The Morgan fingerprint density at radius 2 is 1.88 bits per heavy atom. The van der Waals surface area contributed by atoms with Crippen molar-refractivity contribution in [2.75, 3.05) is 13.2 Å². The van der Waals surface area contributed by atoms with Crippen molar-refractivity contribution in [1.82, 2.24) is 5.32 Å². The molecule has 0 unspecified atom stereocenters. The van der Waals surface area contributed by atoms with E-state index in [1.165, 1.54) is 55.7 Å². The number of carbonyl (C=O) groups excluding carboxylic acids is 2. The van der Waals surface area contributed by atoms with E-state index in [4.69, 9.17) is 4.74 Å². The highest BCUT2D eigenvalue weighted by atomic mass is 16.6. The molecule has 1 saturated carbocycles. The molecule has 1 aliphatic carbocycles. The summed E-state index contributed by atoms with van der Waals surface area (Å²) < 4.78 is 4.88.